The molecule has 3 rings (SSSR count). The molecule has 0 aromatic heterocycles. The van der Waals surface area contributed by atoms with Crippen LogP contribution < -0.4 is 4.74 Å². The van der Waals surface area contributed by atoms with Crippen LogP contribution in [0, 0.1) is 0 Å². The Labute approximate surface area is 179 Å². The fourth-order valence-corrected chi connectivity index (χ4v) is 2.99. The van der Waals surface area contributed by atoms with Crippen molar-refractivity contribution in [2.45, 2.75) is 26.2 Å². The van der Waals surface area contributed by atoms with Crippen molar-refractivity contribution in [1.82, 2.24) is 0 Å². The second-order valence-corrected chi connectivity index (χ2v) is 7.08. The average Bonchev–Trinajstić information content (AvgIpc) is 2.79. The highest BCUT2D eigenvalue weighted by Crippen LogP contribution is 2.23. The summed E-state index contributed by atoms with van der Waals surface area (Å²) in [6, 6.07) is 26.2. The van der Waals surface area contributed by atoms with Gasteiger partial charge in [0.25, 0.3) is 0 Å². The van der Waals surface area contributed by atoms with E-state index in [1.807, 2.05) is 66.7 Å². The van der Waals surface area contributed by atoms with Crippen LogP contribution in [0.2, 0.25) is 0 Å². The van der Waals surface area contributed by atoms with Crippen LogP contribution in [0.5, 0.6) is 5.75 Å². The molecule has 3 aromatic rings. The smallest absolute Gasteiger partial charge is 0.330 e. The first-order valence-electron chi connectivity index (χ1n) is 10.5. The number of esters is 1. The zero-order valence-electron chi connectivity index (χ0n) is 17.4. The van der Waals surface area contributed by atoms with Gasteiger partial charge in [-0.2, -0.15) is 0 Å². The molecule has 0 aliphatic carbocycles. The number of unbranched alkanes of at least 4 members (excludes halogenated alkanes) is 1. The van der Waals surface area contributed by atoms with Gasteiger partial charge in [0.05, 0.1) is 13.2 Å². The van der Waals surface area contributed by atoms with Crippen LogP contribution in [0.4, 0.5) is 0 Å². The Balaban J connectivity index is 1.48. The third-order valence-corrected chi connectivity index (χ3v) is 4.75. The summed E-state index contributed by atoms with van der Waals surface area (Å²) in [5, 5.41) is 0. The maximum absolute atomic E-state index is 11.9. The van der Waals surface area contributed by atoms with Gasteiger partial charge in [-0.05, 0) is 46.9 Å². The van der Waals surface area contributed by atoms with Gasteiger partial charge in [-0.3, -0.25) is 0 Å². The van der Waals surface area contributed by atoms with E-state index in [1.165, 1.54) is 6.08 Å². The Morgan fingerprint density at radius 1 is 0.833 bits per heavy atom. The minimum absolute atomic E-state index is 0.325. The molecule has 0 radical (unpaired) electrons. The zero-order chi connectivity index (χ0) is 21.0. The number of ether oxygens (including phenoxy) is 2. The van der Waals surface area contributed by atoms with Gasteiger partial charge >= 0.3 is 5.97 Å². The topological polar surface area (TPSA) is 35.5 Å². The fourth-order valence-electron chi connectivity index (χ4n) is 2.99. The predicted molar refractivity (Wildman–Crippen MR) is 122 cm³/mol. The lowest BCUT2D eigenvalue weighted by Crippen LogP contribution is -2.04. The van der Waals surface area contributed by atoms with E-state index < -0.39 is 0 Å². The first-order valence-corrected chi connectivity index (χ1v) is 10.5. The Kier molecular flexibility index (Phi) is 8.28. The monoisotopic (exact) mass is 400 g/mol. The van der Waals surface area contributed by atoms with Crippen molar-refractivity contribution >= 4 is 12.0 Å². The number of benzene rings is 3. The summed E-state index contributed by atoms with van der Waals surface area (Å²) in [7, 11) is 0. The van der Waals surface area contributed by atoms with Crippen LogP contribution in [0.1, 0.15) is 30.9 Å². The minimum Gasteiger partial charge on any atom is -0.494 e. The lowest BCUT2D eigenvalue weighted by molar-refractivity contribution is -0.137. The number of carbonyl (C=O) groups excluding carboxylic acids is 1. The van der Waals surface area contributed by atoms with Gasteiger partial charge in [0.15, 0.2) is 0 Å². The van der Waals surface area contributed by atoms with E-state index in [2.05, 4.69) is 19.1 Å². The summed E-state index contributed by atoms with van der Waals surface area (Å²) in [5.74, 6) is 0.575. The summed E-state index contributed by atoms with van der Waals surface area (Å²) >= 11 is 0. The third kappa shape index (κ3) is 6.93. The summed E-state index contributed by atoms with van der Waals surface area (Å²) in [6.07, 6.45) is 6.17. The van der Waals surface area contributed by atoms with E-state index in [4.69, 9.17) is 9.47 Å². The molecule has 0 saturated carbocycles. The highest BCUT2D eigenvalue weighted by molar-refractivity contribution is 5.87. The average molecular weight is 401 g/mol. The third-order valence-electron chi connectivity index (χ3n) is 4.75. The van der Waals surface area contributed by atoms with E-state index in [1.54, 1.807) is 6.08 Å². The lowest BCUT2D eigenvalue weighted by atomic mass is 10.0. The Bertz CT molecular complexity index is 926. The highest BCUT2D eigenvalue weighted by Gasteiger charge is 2.01. The van der Waals surface area contributed by atoms with Gasteiger partial charge in [-0.1, -0.05) is 80.1 Å². The normalized spacial score (nSPS) is 10.8. The van der Waals surface area contributed by atoms with Crippen LogP contribution in [-0.4, -0.2) is 19.2 Å². The standard InChI is InChI=1S/C27H28O3/c1-2-3-20-29-26-16-14-25(15-17-26)24-12-9-23(10-13-24)11-18-27(28)30-21-19-22-7-5-4-6-8-22/h4-18H,2-3,19-21H2,1H3. The van der Waals surface area contributed by atoms with Crippen LogP contribution in [0.3, 0.4) is 0 Å². The Morgan fingerprint density at radius 2 is 1.50 bits per heavy atom. The summed E-state index contributed by atoms with van der Waals surface area (Å²) in [4.78, 5) is 11.9. The van der Waals surface area contributed by atoms with Crippen molar-refractivity contribution in [2.75, 3.05) is 13.2 Å². The molecular formula is C27H28O3. The molecule has 0 atom stereocenters. The second-order valence-electron chi connectivity index (χ2n) is 7.08. The summed E-state index contributed by atoms with van der Waals surface area (Å²) < 4.78 is 11.0. The molecule has 154 valence electrons. The van der Waals surface area contributed by atoms with Crippen LogP contribution in [-0.2, 0) is 16.0 Å². The number of hydrogen-bond donors (Lipinski definition) is 0. The van der Waals surface area contributed by atoms with Crippen molar-refractivity contribution in [3.05, 3.63) is 96.1 Å². The quantitative estimate of drug-likeness (QED) is 0.227. The minimum atomic E-state index is -0.325. The van der Waals surface area contributed by atoms with Gasteiger partial charge in [0.2, 0.25) is 0 Å². The van der Waals surface area contributed by atoms with Crippen molar-refractivity contribution in [3.63, 3.8) is 0 Å². The predicted octanol–water partition coefficient (Wildman–Crippen LogP) is 6.33. The molecular weight excluding hydrogens is 372 g/mol. The largest absolute Gasteiger partial charge is 0.494 e. The Hall–Kier alpha value is -3.33. The first kappa shape index (κ1) is 21.4. The van der Waals surface area contributed by atoms with E-state index in [9.17, 15) is 4.79 Å². The molecule has 0 aliphatic heterocycles. The molecule has 3 nitrogen and oxygen atoms in total. The molecule has 3 heteroatoms. The molecule has 0 unspecified atom stereocenters. The zero-order valence-corrected chi connectivity index (χ0v) is 17.4. The molecule has 0 saturated heterocycles. The van der Waals surface area contributed by atoms with Crippen molar-refractivity contribution in [3.8, 4) is 16.9 Å². The molecule has 3 aromatic carbocycles. The van der Waals surface area contributed by atoms with Gasteiger partial charge in [0, 0.05) is 12.5 Å². The van der Waals surface area contributed by atoms with Gasteiger partial charge < -0.3 is 9.47 Å². The SMILES string of the molecule is CCCCOc1ccc(-c2ccc(C=CC(=O)OCCc3ccccc3)cc2)cc1. The van der Waals surface area contributed by atoms with E-state index in [-0.39, 0.29) is 5.97 Å². The van der Waals surface area contributed by atoms with Gasteiger partial charge in [-0.25, -0.2) is 4.79 Å². The Morgan fingerprint density at radius 3 is 2.17 bits per heavy atom. The molecule has 0 spiro atoms. The van der Waals surface area contributed by atoms with E-state index in [0.717, 1.165) is 53.9 Å². The molecule has 0 heterocycles. The van der Waals surface area contributed by atoms with Crippen molar-refractivity contribution < 1.29 is 14.3 Å². The molecule has 0 fully saturated rings. The molecule has 30 heavy (non-hydrogen) atoms. The maximum Gasteiger partial charge on any atom is 0.330 e. The molecule has 0 aliphatic rings. The van der Waals surface area contributed by atoms with Crippen LogP contribution in [0.25, 0.3) is 17.2 Å². The van der Waals surface area contributed by atoms with Crippen molar-refractivity contribution in [1.29, 1.82) is 0 Å². The molecule has 0 bridgehead atoms. The van der Waals surface area contributed by atoms with Gasteiger partial charge in [-0.15, -0.1) is 0 Å². The number of carbonyl (C=O) groups is 1. The van der Waals surface area contributed by atoms with Crippen LogP contribution in [0.15, 0.2) is 84.9 Å². The summed E-state index contributed by atoms with van der Waals surface area (Å²) in [6.45, 7) is 3.29. The molecule has 0 amide bonds. The molecule has 0 N–H and O–H groups in total. The number of hydrogen-bond acceptors (Lipinski definition) is 3. The fraction of sp³-hybridized carbons (Fsp3) is 0.222. The summed E-state index contributed by atoms with van der Waals surface area (Å²) in [5.41, 5.74) is 4.37. The van der Waals surface area contributed by atoms with Crippen LogP contribution >= 0.6 is 0 Å². The van der Waals surface area contributed by atoms with Crippen molar-refractivity contribution in [2.24, 2.45) is 0 Å². The van der Waals surface area contributed by atoms with E-state index in [0.29, 0.717) is 6.61 Å². The lowest BCUT2D eigenvalue weighted by Gasteiger charge is -2.07. The number of rotatable bonds is 10. The maximum atomic E-state index is 11.9. The second kappa shape index (κ2) is 11.6. The van der Waals surface area contributed by atoms with Gasteiger partial charge in [0.1, 0.15) is 5.75 Å². The highest BCUT2D eigenvalue weighted by atomic mass is 16.5. The first-order chi connectivity index (χ1) is 14.7. The van der Waals surface area contributed by atoms with E-state index >= 15 is 0 Å².